The van der Waals surface area contributed by atoms with Gasteiger partial charge < -0.3 is 26.4 Å². The van der Waals surface area contributed by atoms with Crippen LogP contribution < -0.4 is 11.5 Å². The molecule has 0 aromatic heterocycles. The zero-order chi connectivity index (χ0) is 14.6. The number of aliphatic hydroxyl groups is 2. The molecule has 0 spiro atoms. The molecular formula is C12H17ClN2O4. The molecule has 0 radical (unpaired) electrons. The van der Waals surface area contributed by atoms with E-state index in [1.54, 1.807) is 0 Å². The zero-order valence-electron chi connectivity index (χ0n) is 10.5. The van der Waals surface area contributed by atoms with Crippen LogP contribution in [0.2, 0.25) is 5.02 Å². The third-order valence-corrected chi connectivity index (χ3v) is 3.05. The highest BCUT2D eigenvalue weighted by atomic mass is 35.5. The predicted molar refractivity (Wildman–Crippen MR) is 71.8 cm³/mol. The van der Waals surface area contributed by atoms with Gasteiger partial charge in [0.1, 0.15) is 6.10 Å². The molecule has 2 unspecified atom stereocenters. The number of carbonyl (C=O) groups is 1. The SMILES string of the molecule is COC(=O)c1cc(C(O)C(O)CCN)c(Cl)cc1N. The predicted octanol–water partition coefficient (Wildman–Crippen LogP) is 0.452. The summed E-state index contributed by atoms with van der Waals surface area (Å²) in [4.78, 5) is 11.5. The molecule has 19 heavy (non-hydrogen) atoms. The molecule has 0 bridgehead atoms. The lowest BCUT2D eigenvalue weighted by atomic mass is 9.99. The van der Waals surface area contributed by atoms with Gasteiger partial charge >= 0.3 is 5.97 Å². The van der Waals surface area contributed by atoms with E-state index in [4.69, 9.17) is 23.1 Å². The molecule has 0 aliphatic carbocycles. The van der Waals surface area contributed by atoms with Crippen LogP contribution in [0, 0.1) is 0 Å². The second kappa shape index (κ2) is 6.72. The summed E-state index contributed by atoms with van der Waals surface area (Å²) in [6.45, 7) is 0.217. The standard InChI is InChI=1S/C12H17ClN2O4/c1-19-12(18)7-4-6(8(13)5-9(7)15)11(17)10(16)2-3-14/h4-5,10-11,16-17H,2-3,14-15H2,1H3. The highest BCUT2D eigenvalue weighted by Gasteiger charge is 2.23. The van der Waals surface area contributed by atoms with Gasteiger partial charge in [0.15, 0.2) is 0 Å². The second-order valence-corrected chi connectivity index (χ2v) is 4.45. The summed E-state index contributed by atoms with van der Waals surface area (Å²) in [7, 11) is 1.22. The van der Waals surface area contributed by atoms with Gasteiger partial charge in [0.2, 0.25) is 0 Å². The molecule has 1 aromatic rings. The first-order valence-corrected chi connectivity index (χ1v) is 6.03. The first-order chi connectivity index (χ1) is 8.92. The van der Waals surface area contributed by atoms with Gasteiger partial charge in [0, 0.05) is 16.3 Å². The van der Waals surface area contributed by atoms with Crippen LogP contribution >= 0.6 is 11.6 Å². The smallest absolute Gasteiger partial charge is 0.339 e. The van der Waals surface area contributed by atoms with Crippen LogP contribution in [-0.2, 0) is 4.74 Å². The van der Waals surface area contributed by atoms with Crippen molar-refractivity contribution < 1.29 is 19.7 Å². The van der Waals surface area contributed by atoms with Crippen LogP contribution in [0.15, 0.2) is 12.1 Å². The Hall–Kier alpha value is -1.34. The lowest BCUT2D eigenvalue weighted by molar-refractivity contribution is 0.0150. The maximum absolute atomic E-state index is 11.5. The Kier molecular flexibility index (Phi) is 5.56. The summed E-state index contributed by atoms with van der Waals surface area (Å²) in [5.74, 6) is -0.643. The van der Waals surface area contributed by atoms with E-state index in [1.807, 2.05) is 0 Å². The number of aliphatic hydroxyl groups excluding tert-OH is 2. The zero-order valence-corrected chi connectivity index (χ0v) is 11.2. The van der Waals surface area contributed by atoms with Gasteiger partial charge in [-0.3, -0.25) is 0 Å². The van der Waals surface area contributed by atoms with Crippen LogP contribution in [0.1, 0.15) is 28.4 Å². The number of halogens is 1. The lowest BCUT2D eigenvalue weighted by Gasteiger charge is -2.19. The van der Waals surface area contributed by atoms with E-state index in [1.165, 1.54) is 19.2 Å². The van der Waals surface area contributed by atoms with E-state index < -0.39 is 18.2 Å². The van der Waals surface area contributed by atoms with E-state index in [2.05, 4.69) is 4.74 Å². The molecule has 0 amide bonds. The topological polar surface area (TPSA) is 119 Å². The molecule has 1 aromatic carbocycles. The third kappa shape index (κ3) is 3.57. The Balaban J connectivity index is 3.17. The molecular weight excluding hydrogens is 272 g/mol. The van der Waals surface area contributed by atoms with Gasteiger partial charge in [0.25, 0.3) is 0 Å². The average Bonchev–Trinajstić information content (AvgIpc) is 2.37. The highest BCUT2D eigenvalue weighted by Crippen LogP contribution is 2.30. The summed E-state index contributed by atoms with van der Waals surface area (Å²) in [6, 6.07) is 2.65. The molecule has 1 rings (SSSR count). The summed E-state index contributed by atoms with van der Waals surface area (Å²) in [6.07, 6.45) is -2.12. The molecule has 6 N–H and O–H groups in total. The largest absolute Gasteiger partial charge is 0.465 e. The normalized spacial score (nSPS) is 13.9. The summed E-state index contributed by atoms with van der Waals surface area (Å²) >= 11 is 5.95. The van der Waals surface area contributed by atoms with Crippen molar-refractivity contribution in [3.63, 3.8) is 0 Å². The van der Waals surface area contributed by atoms with Crippen LogP contribution in [-0.4, -0.2) is 35.9 Å². The molecule has 2 atom stereocenters. The molecule has 0 saturated heterocycles. The van der Waals surface area contributed by atoms with Crippen LogP contribution in [0.3, 0.4) is 0 Å². The van der Waals surface area contributed by atoms with Crippen LogP contribution in [0.4, 0.5) is 5.69 Å². The number of carbonyl (C=O) groups excluding carboxylic acids is 1. The summed E-state index contributed by atoms with van der Waals surface area (Å²) < 4.78 is 4.57. The molecule has 0 heterocycles. The quantitative estimate of drug-likeness (QED) is 0.461. The van der Waals surface area contributed by atoms with Gasteiger partial charge in [-0.05, 0) is 25.1 Å². The molecule has 0 aliphatic rings. The van der Waals surface area contributed by atoms with Gasteiger partial charge in [-0.2, -0.15) is 0 Å². The van der Waals surface area contributed by atoms with Gasteiger partial charge in [0.05, 0.1) is 18.8 Å². The molecule has 0 aliphatic heterocycles. The van der Waals surface area contributed by atoms with Crippen molar-refractivity contribution in [1.82, 2.24) is 0 Å². The highest BCUT2D eigenvalue weighted by molar-refractivity contribution is 6.32. The van der Waals surface area contributed by atoms with Crippen molar-refractivity contribution in [1.29, 1.82) is 0 Å². The monoisotopic (exact) mass is 288 g/mol. The fraction of sp³-hybridized carbons (Fsp3) is 0.417. The van der Waals surface area contributed by atoms with Crippen molar-refractivity contribution in [2.24, 2.45) is 5.73 Å². The maximum Gasteiger partial charge on any atom is 0.339 e. The van der Waals surface area contributed by atoms with Crippen molar-refractivity contribution in [2.75, 3.05) is 19.4 Å². The van der Waals surface area contributed by atoms with E-state index in [0.717, 1.165) is 0 Å². The minimum Gasteiger partial charge on any atom is -0.465 e. The van der Waals surface area contributed by atoms with E-state index in [-0.39, 0.29) is 34.8 Å². The first-order valence-electron chi connectivity index (χ1n) is 5.65. The van der Waals surface area contributed by atoms with E-state index in [0.29, 0.717) is 0 Å². The molecule has 106 valence electrons. The fourth-order valence-electron chi connectivity index (χ4n) is 1.65. The number of anilines is 1. The molecule has 0 saturated carbocycles. The molecule has 6 nitrogen and oxygen atoms in total. The average molecular weight is 289 g/mol. The van der Waals surface area contributed by atoms with Crippen molar-refractivity contribution in [2.45, 2.75) is 18.6 Å². The molecule has 0 fully saturated rings. The Labute approximate surface area is 115 Å². The van der Waals surface area contributed by atoms with Crippen molar-refractivity contribution in [3.05, 3.63) is 28.3 Å². The summed E-state index contributed by atoms with van der Waals surface area (Å²) in [5, 5.41) is 19.9. The third-order valence-electron chi connectivity index (χ3n) is 2.72. The maximum atomic E-state index is 11.5. The summed E-state index contributed by atoms with van der Waals surface area (Å²) in [5.41, 5.74) is 11.4. The van der Waals surface area contributed by atoms with Gasteiger partial charge in [-0.15, -0.1) is 0 Å². The Morgan fingerprint density at radius 2 is 2.11 bits per heavy atom. The van der Waals surface area contributed by atoms with E-state index in [9.17, 15) is 15.0 Å². The number of nitrogens with two attached hydrogens (primary N) is 2. The Morgan fingerprint density at radius 3 is 2.63 bits per heavy atom. The number of esters is 1. The van der Waals surface area contributed by atoms with Crippen LogP contribution in [0.25, 0.3) is 0 Å². The van der Waals surface area contributed by atoms with Gasteiger partial charge in [-0.25, -0.2) is 4.79 Å². The fourth-order valence-corrected chi connectivity index (χ4v) is 1.94. The number of ether oxygens (including phenoxy) is 1. The number of rotatable bonds is 5. The minimum absolute atomic E-state index is 0.0842. The Morgan fingerprint density at radius 1 is 1.47 bits per heavy atom. The number of benzene rings is 1. The number of hydrogen-bond donors (Lipinski definition) is 4. The lowest BCUT2D eigenvalue weighted by Crippen LogP contribution is -2.22. The number of methoxy groups -OCH3 is 1. The van der Waals surface area contributed by atoms with Crippen molar-refractivity contribution in [3.8, 4) is 0 Å². The molecule has 7 heteroatoms. The second-order valence-electron chi connectivity index (χ2n) is 4.04. The minimum atomic E-state index is -1.25. The van der Waals surface area contributed by atoms with E-state index >= 15 is 0 Å². The number of hydrogen-bond acceptors (Lipinski definition) is 6. The van der Waals surface area contributed by atoms with Crippen LogP contribution in [0.5, 0.6) is 0 Å². The Bertz CT molecular complexity index is 467. The van der Waals surface area contributed by atoms with Gasteiger partial charge in [-0.1, -0.05) is 11.6 Å². The first kappa shape index (κ1) is 15.7. The van der Waals surface area contributed by atoms with Crippen molar-refractivity contribution >= 4 is 23.3 Å². The number of nitrogen functional groups attached to an aromatic ring is 1.